The minimum absolute atomic E-state index is 0.676. The van der Waals surface area contributed by atoms with Gasteiger partial charge in [0.1, 0.15) is 0 Å². The molecule has 1 nitrogen and oxygen atoms in total. The van der Waals surface area contributed by atoms with Crippen molar-refractivity contribution in [3.63, 3.8) is 0 Å². The zero-order valence-corrected chi connectivity index (χ0v) is 11.5. The summed E-state index contributed by atoms with van der Waals surface area (Å²) in [6, 6.07) is 9.95. The van der Waals surface area contributed by atoms with E-state index in [1.54, 1.807) is 5.56 Å². The molecule has 1 heteroatoms. The third-order valence-corrected chi connectivity index (χ3v) is 4.76. The fourth-order valence-corrected chi connectivity index (χ4v) is 3.23. The molecule has 3 rings (SSSR count). The van der Waals surface area contributed by atoms with Crippen molar-refractivity contribution < 1.29 is 0 Å². The Morgan fingerprint density at radius 3 is 2.33 bits per heavy atom. The third kappa shape index (κ3) is 2.95. The zero-order chi connectivity index (χ0) is 12.4. The van der Waals surface area contributed by atoms with Crippen molar-refractivity contribution in [2.75, 3.05) is 0 Å². The second-order valence-corrected chi connectivity index (χ2v) is 6.23. The van der Waals surface area contributed by atoms with Crippen LogP contribution in [0.5, 0.6) is 0 Å². The molecule has 1 aromatic carbocycles. The van der Waals surface area contributed by atoms with Crippen LogP contribution in [0.25, 0.3) is 0 Å². The first-order chi connectivity index (χ1) is 8.83. The van der Waals surface area contributed by atoms with Gasteiger partial charge in [-0.05, 0) is 55.6 Å². The van der Waals surface area contributed by atoms with Crippen molar-refractivity contribution >= 4 is 0 Å². The van der Waals surface area contributed by atoms with Gasteiger partial charge in [0.15, 0.2) is 0 Å². The van der Waals surface area contributed by atoms with Gasteiger partial charge in [0.2, 0.25) is 0 Å². The highest BCUT2D eigenvalue weighted by Gasteiger charge is 2.23. The lowest BCUT2D eigenvalue weighted by Crippen LogP contribution is -2.31. The van der Waals surface area contributed by atoms with Crippen LogP contribution in [0.3, 0.4) is 0 Å². The zero-order valence-electron chi connectivity index (χ0n) is 11.5. The molecule has 0 radical (unpaired) electrons. The number of benzene rings is 1. The molecule has 2 fully saturated rings. The maximum Gasteiger partial charge on any atom is 0.0208 e. The van der Waals surface area contributed by atoms with Crippen LogP contribution in [-0.4, -0.2) is 6.04 Å². The molecular weight excluding hydrogens is 218 g/mol. The highest BCUT2D eigenvalue weighted by Crippen LogP contribution is 2.39. The van der Waals surface area contributed by atoms with Crippen molar-refractivity contribution in [2.24, 2.45) is 5.92 Å². The summed E-state index contributed by atoms with van der Waals surface area (Å²) in [7, 11) is 0. The van der Waals surface area contributed by atoms with E-state index < -0.39 is 0 Å². The van der Waals surface area contributed by atoms with Crippen LogP contribution >= 0.6 is 0 Å². The van der Waals surface area contributed by atoms with Crippen molar-refractivity contribution in [2.45, 2.75) is 64.0 Å². The predicted molar refractivity (Wildman–Crippen MR) is 76.7 cm³/mol. The van der Waals surface area contributed by atoms with E-state index in [-0.39, 0.29) is 0 Å². The second-order valence-electron chi connectivity index (χ2n) is 6.23. The van der Waals surface area contributed by atoms with Gasteiger partial charge in [-0.2, -0.15) is 0 Å². The van der Waals surface area contributed by atoms with Gasteiger partial charge < -0.3 is 5.32 Å². The average molecular weight is 243 g/mol. The first kappa shape index (κ1) is 12.2. The van der Waals surface area contributed by atoms with Gasteiger partial charge in [-0.1, -0.05) is 37.1 Å². The molecule has 0 heterocycles. The quantitative estimate of drug-likeness (QED) is 0.816. The summed E-state index contributed by atoms with van der Waals surface area (Å²) in [4.78, 5) is 0. The molecule has 0 bridgehead atoms. The Hall–Kier alpha value is -0.820. The molecular formula is C17H25N. The molecule has 0 amide bonds. The minimum Gasteiger partial charge on any atom is -0.310 e. The number of hydrogen-bond acceptors (Lipinski definition) is 1. The summed E-state index contributed by atoms with van der Waals surface area (Å²) in [5.41, 5.74) is 2.98. The summed E-state index contributed by atoms with van der Waals surface area (Å²) in [6.45, 7) is 3.39. The minimum atomic E-state index is 0.676. The molecule has 0 spiro atoms. The van der Waals surface area contributed by atoms with Crippen LogP contribution in [-0.2, 0) is 6.54 Å². The third-order valence-electron chi connectivity index (χ3n) is 4.76. The summed E-state index contributed by atoms with van der Waals surface area (Å²) < 4.78 is 0. The van der Waals surface area contributed by atoms with Crippen LogP contribution < -0.4 is 5.32 Å². The van der Waals surface area contributed by atoms with E-state index in [4.69, 9.17) is 0 Å². The lowest BCUT2D eigenvalue weighted by atomic mass is 9.99. The summed E-state index contributed by atoms with van der Waals surface area (Å²) in [6.07, 6.45) is 8.52. The topological polar surface area (TPSA) is 12.0 Å². The average Bonchev–Trinajstić information content (AvgIpc) is 3.11. The van der Waals surface area contributed by atoms with Crippen LogP contribution in [0.1, 0.15) is 62.5 Å². The Balaban J connectivity index is 1.49. The summed E-state index contributed by atoms with van der Waals surface area (Å²) in [5.74, 6) is 1.79. The first-order valence-electron chi connectivity index (χ1n) is 7.65. The van der Waals surface area contributed by atoms with E-state index in [0.29, 0.717) is 6.04 Å². The first-order valence-corrected chi connectivity index (χ1v) is 7.65. The fraction of sp³-hybridized carbons (Fsp3) is 0.647. The Morgan fingerprint density at radius 1 is 1.06 bits per heavy atom. The van der Waals surface area contributed by atoms with Gasteiger partial charge in [-0.3, -0.25) is 0 Å². The van der Waals surface area contributed by atoms with Crippen molar-refractivity contribution in [1.82, 2.24) is 5.32 Å². The Bertz CT molecular complexity index is 371. The maximum absolute atomic E-state index is 3.71. The Morgan fingerprint density at radius 2 is 1.72 bits per heavy atom. The molecule has 1 N–H and O–H groups in total. The van der Waals surface area contributed by atoms with Gasteiger partial charge in [-0.25, -0.2) is 0 Å². The second kappa shape index (κ2) is 5.44. The molecule has 18 heavy (non-hydrogen) atoms. The van der Waals surface area contributed by atoms with Gasteiger partial charge in [0.05, 0.1) is 0 Å². The highest BCUT2D eigenvalue weighted by molar-refractivity contribution is 5.28. The molecule has 0 aromatic heterocycles. The Kier molecular flexibility index (Phi) is 3.69. The molecule has 2 saturated carbocycles. The van der Waals surface area contributed by atoms with E-state index in [9.17, 15) is 0 Å². The van der Waals surface area contributed by atoms with Crippen LogP contribution in [0.2, 0.25) is 0 Å². The van der Waals surface area contributed by atoms with Gasteiger partial charge in [0, 0.05) is 12.6 Å². The van der Waals surface area contributed by atoms with Crippen molar-refractivity contribution in [3.8, 4) is 0 Å². The van der Waals surface area contributed by atoms with E-state index >= 15 is 0 Å². The monoisotopic (exact) mass is 243 g/mol. The standard InChI is InChI=1S/C17H25N/c1-13(15-4-2-3-5-15)18-12-14-6-8-16(9-7-14)17-10-11-17/h6-9,13,15,17-18H,2-5,10-12H2,1H3. The predicted octanol–water partition coefficient (Wildman–Crippen LogP) is 4.23. The molecule has 98 valence electrons. The highest BCUT2D eigenvalue weighted by atomic mass is 14.9. The van der Waals surface area contributed by atoms with Gasteiger partial charge in [-0.15, -0.1) is 0 Å². The summed E-state index contributed by atoms with van der Waals surface area (Å²) in [5, 5.41) is 3.71. The van der Waals surface area contributed by atoms with Crippen LogP contribution in [0.15, 0.2) is 24.3 Å². The molecule has 1 atom stereocenters. The van der Waals surface area contributed by atoms with Gasteiger partial charge in [0.25, 0.3) is 0 Å². The lowest BCUT2D eigenvalue weighted by molar-refractivity contribution is 0.380. The Labute approximate surface area is 111 Å². The fourth-order valence-electron chi connectivity index (χ4n) is 3.23. The van der Waals surface area contributed by atoms with Crippen molar-refractivity contribution in [3.05, 3.63) is 35.4 Å². The van der Waals surface area contributed by atoms with Crippen molar-refractivity contribution in [1.29, 1.82) is 0 Å². The molecule has 0 aliphatic heterocycles. The SMILES string of the molecule is CC(NCc1ccc(C2CC2)cc1)C1CCCC1. The molecule has 0 saturated heterocycles. The van der Waals surface area contributed by atoms with E-state index in [1.165, 1.54) is 44.1 Å². The van der Waals surface area contributed by atoms with E-state index in [2.05, 4.69) is 36.5 Å². The largest absolute Gasteiger partial charge is 0.310 e. The molecule has 2 aliphatic carbocycles. The normalized spacial score (nSPS) is 22.3. The number of rotatable bonds is 5. The van der Waals surface area contributed by atoms with Gasteiger partial charge >= 0.3 is 0 Å². The molecule has 1 unspecified atom stereocenters. The van der Waals surface area contributed by atoms with E-state index in [1.807, 2.05) is 0 Å². The summed E-state index contributed by atoms with van der Waals surface area (Å²) >= 11 is 0. The smallest absolute Gasteiger partial charge is 0.0208 e. The molecule has 1 aromatic rings. The number of nitrogens with one attached hydrogen (secondary N) is 1. The molecule has 2 aliphatic rings. The van der Waals surface area contributed by atoms with E-state index in [0.717, 1.165) is 18.4 Å². The van der Waals surface area contributed by atoms with Crippen LogP contribution in [0.4, 0.5) is 0 Å². The lowest BCUT2D eigenvalue weighted by Gasteiger charge is -2.20. The van der Waals surface area contributed by atoms with Crippen LogP contribution in [0, 0.1) is 5.92 Å². The number of hydrogen-bond donors (Lipinski definition) is 1. The maximum atomic E-state index is 3.71.